The Hall–Kier alpha value is -0.570. The summed E-state index contributed by atoms with van der Waals surface area (Å²) in [7, 11) is 0. The molecule has 0 spiro atoms. The molecule has 0 amide bonds. The Kier molecular flexibility index (Phi) is 2.30. The number of esters is 1. The predicted octanol–water partition coefficient (Wildman–Crippen LogP) is 0.692. The van der Waals surface area contributed by atoms with Gasteiger partial charge in [0.15, 0.2) is 0 Å². The highest BCUT2D eigenvalue weighted by atomic mass is 16.5. The van der Waals surface area contributed by atoms with Gasteiger partial charge in [-0.25, -0.2) is 0 Å². The van der Waals surface area contributed by atoms with Gasteiger partial charge in [-0.1, -0.05) is 0 Å². The second kappa shape index (κ2) is 3.44. The van der Waals surface area contributed by atoms with Crippen molar-refractivity contribution >= 4 is 5.97 Å². The van der Waals surface area contributed by atoms with Crippen molar-refractivity contribution in [2.45, 2.75) is 31.7 Å². The van der Waals surface area contributed by atoms with Crippen LogP contribution in [0.2, 0.25) is 0 Å². The van der Waals surface area contributed by atoms with Gasteiger partial charge in [0.25, 0.3) is 0 Å². The zero-order valence-electron chi connectivity index (χ0n) is 7.21. The van der Waals surface area contributed by atoms with Crippen LogP contribution >= 0.6 is 0 Å². The molecule has 2 fully saturated rings. The Balaban J connectivity index is 1.67. The van der Waals surface area contributed by atoms with Crippen molar-refractivity contribution in [2.24, 2.45) is 5.92 Å². The summed E-state index contributed by atoms with van der Waals surface area (Å²) in [5.41, 5.74) is 0. The first-order valence-corrected chi connectivity index (χ1v) is 4.76. The lowest BCUT2D eigenvalue weighted by molar-refractivity contribution is -0.146. The topological polar surface area (TPSA) is 38.3 Å². The summed E-state index contributed by atoms with van der Waals surface area (Å²) in [6, 6.07) is -0.0104. The van der Waals surface area contributed by atoms with E-state index in [9.17, 15) is 4.79 Å². The van der Waals surface area contributed by atoms with E-state index in [4.69, 9.17) is 4.74 Å². The maximum absolute atomic E-state index is 11.3. The van der Waals surface area contributed by atoms with E-state index in [2.05, 4.69) is 5.32 Å². The van der Waals surface area contributed by atoms with Crippen molar-refractivity contribution in [3.63, 3.8) is 0 Å². The monoisotopic (exact) mass is 169 g/mol. The molecule has 1 saturated carbocycles. The zero-order chi connectivity index (χ0) is 8.39. The molecular weight excluding hydrogens is 154 g/mol. The molecule has 0 aromatic carbocycles. The number of rotatable bonds is 3. The van der Waals surface area contributed by atoms with Crippen molar-refractivity contribution < 1.29 is 9.53 Å². The van der Waals surface area contributed by atoms with E-state index in [1.54, 1.807) is 0 Å². The van der Waals surface area contributed by atoms with E-state index >= 15 is 0 Å². The summed E-state index contributed by atoms with van der Waals surface area (Å²) in [4.78, 5) is 11.3. The van der Waals surface area contributed by atoms with Crippen LogP contribution in [0.5, 0.6) is 0 Å². The van der Waals surface area contributed by atoms with Crippen molar-refractivity contribution in [1.82, 2.24) is 5.32 Å². The van der Waals surface area contributed by atoms with Crippen LogP contribution in [0, 0.1) is 5.92 Å². The maximum Gasteiger partial charge on any atom is 0.323 e. The van der Waals surface area contributed by atoms with Crippen LogP contribution < -0.4 is 5.32 Å². The normalized spacial score (nSPS) is 28.8. The highest BCUT2D eigenvalue weighted by Crippen LogP contribution is 2.29. The molecule has 1 saturated heterocycles. The summed E-state index contributed by atoms with van der Waals surface area (Å²) < 4.78 is 5.15. The van der Waals surface area contributed by atoms with Crippen LogP contribution in [-0.2, 0) is 9.53 Å². The molecule has 0 radical (unpaired) electrons. The summed E-state index contributed by atoms with van der Waals surface area (Å²) in [6.45, 7) is 1.61. The molecular formula is C9H15NO2. The fraction of sp³-hybridized carbons (Fsp3) is 0.889. The molecule has 2 rings (SSSR count). The van der Waals surface area contributed by atoms with E-state index in [1.165, 1.54) is 12.8 Å². The first kappa shape index (κ1) is 8.05. The quantitative estimate of drug-likeness (QED) is 0.632. The van der Waals surface area contributed by atoms with Gasteiger partial charge in [-0.3, -0.25) is 4.79 Å². The summed E-state index contributed by atoms with van der Waals surface area (Å²) in [5.74, 6) is 0.634. The van der Waals surface area contributed by atoms with Crippen molar-refractivity contribution in [3.05, 3.63) is 0 Å². The van der Waals surface area contributed by atoms with Gasteiger partial charge in [0.05, 0.1) is 6.61 Å². The van der Waals surface area contributed by atoms with Gasteiger partial charge in [0.2, 0.25) is 0 Å². The third-order valence-electron chi connectivity index (χ3n) is 2.50. The molecule has 1 heterocycles. The van der Waals surface area contributed by atoms with E-state index in [0.29, 0.717) is 12.5 Å². The molecule has 1 N–H and O–H groups in total. The Morgan fingerprint density at radius 2 is 2.25 bits per heavy atom. The third kappa shape index (κ3) is 1.97. The SMILES string of the molecule is O=C(OCC1CC1)[C@H]1CCCN1. The Bertz CT molecular complexity index is 171. The standard InChI is InChI=1S/C9H15NO2/c11-9(8-2-1-5-10-8)12-6-7-3-4-7/h7-8,10H,1-6H2/t8-/m1/s1. The number of ether oxygens (including phenoxy) is 1. The van der Waals surface area contributed by atoms with Crippen LogP contribution in [0.1, 0.15) is 25.7 Å². The van der Waals surface area contributed by atoms with Crippen molar-refractivity contribution in [3.8, 4) is 0 Å². The molecule has 3 nitrogen and oxygen atoms in total. The van der Waals surface area contributed by atoms with Gasteiger partial charge in [-0.15, -0.1) is 0 Å². The number of carbonyl (C=O) groups excluding carboxylic acids is 1. The highest BCUT2D eigenvalue weighted by Gasteiger charge is 2.27. The molecule has 0 unspecified atom stereocenters. The maximum atomic E-state index is 11.3. The number of hydrogen-bond acceptors (Lipinski definition) is 3. The van der Waals surface area contributed by atoms with Gasteiger partial charge >= 0.3 is 5.97 Å². The van der Waals surface area contributed by atoms with Gasteiger partial charge in [-0.2, -0.15) is 0 Å². The lowest BCUT2D eigenvalue weighted by Crippen LogP contribution is -2.32. The van der Waals surface area contributed by atoms with E-state index in [0.717, 1.165) is 19.4 Å². The van der Waals surface area contributed by atoms with Gasteiger partial charge in [-0.05, 0) is 38.1 Å². The summed E-state index contributed by atoms with van der Waals surface area (Å²) >= 11 is 0. The largest absolute Gasteiger partial charge is 0.464 e. The lowest BCUT2D eigenvalue weighted by Gasteiger charge is -2.09. The molecule has 0 aromatic heterocycles. The third-order valence-corrected chi connectivity index (χ3v) is 2.50. The minimum atomic E-state index is -0.0422. The number of nitrogens with one attached hydrogen (secondary N) is 1. The van der Waals surface area contributed by atoms with Crippen LogP contribution in [-0.4, -0.2) is 25.2 Å². The minimum Gasteiger partial charge on any atom is -0.464 e. The molecule has 1 aliphatic heterocycles. The van der Waals surface area contributed by atoms with Crippen molar-refractivity contribution in [2.75, 3.05) is 13.2 Å². The molecule has 12 heavy (non-hydrogen) atoms. The van der Waals surface area contributed by atoms with Crippen LogP contribution in [0.4, 0.5) is 0 Å². The van der Waals surface area contributed by atoms with E-state index in [1.807, 2.05) is 0 Å². The Labute approximate surface area is 72.5 Å². The molecule has 0 bridgehead atoms. The molecule has 3 heteroatoms. The first-order valence-electron chi connectivity index (χ1n) is 4.76. The van der Waals surface area contributed by atoms with Crippen LogP contribution in [0.25, 0.3) is 0 Å². The molecule has 1 atom stereocenters. The lowest BCUT2D eigenvalue weighted by atomic mass is 10.2. The Morgan fingerprint density at radius 3 is 2.83 bits per heavy atom. The zero-order valence-corrected chi connectivity index (χ0v) is 7.21. The van der Waals surface area contributed by atoms with Crippen LogP contribution in [0.15, 0.2) is 0 Å². The highest BCUT2D eigenvalue weighted by molar-refractivity contribution is 5.76. The van der Waals surface area contributed by atoms with Crippen LogP contribution in [0.3, 0.4) is 0 Å². The predicted molar refractivity (Wildman–Crippen MR) is 44.7 cm³/mol. The fourth-order valence-corrected chi connectivity index (χ4v) is 1.47. The first-order chi connectivity index (χ1) is 5.86. The molecule has 0 aromatic rings. The van der Waals surface area contributed by atoms with Gasteiger partial charge < -0.3 is 10.1 Å². The minimum absolute atomic E-state index is 0.0104. The number of carbonyl (C=O) groups is 1. The fourth-order valence-electron chi connectivity index (χ4n) is 1.47. The van der Waals surface area contributed by atoms with Gasteiger partial charge in [0, 0.05) is 0 Å². The average Bonchev–Trinajstić information content (AvgIpc) is 2.74. The second-order valence-corrected chi connectivity index (χ2v) is 3.72. The van der Waals surface area contributed by atoms with E-state index in [-0.39, 0.29) is 12.0 Å². The molecule has 1 aliphatic carbocycles. The smallest absolute Gasteiger partial charge is 0.323 e. The number of hydrogen-bond donors (Lipinski definition) is 1. The molecule has 68 valence electrons. The molecule has 2 aliphatic rings. The van der Waals surface area contributed by atoms with Crippen molar-refractivity contribution in [1.29, 1.82) is 0 Å². The second-order valence-electron chi connectivity index (χ2n) is 3.72. The Morgan fingerprint density at radius 1 is 1.42 bits per heavy atom. The summed E-state index contributed by atoms with van der Waals surface area (Å²) in [5, 5.41) is 3.13. The van der Waals surface area contributed by atoms with E-state index < -0.39 is 0 Å². The average molecular weight is 169 g/mol. The van der Waals surface area contributed by atoms with Gasteiger partial charge in [0.1, 0.15) is 6.04 Å². The summed E-state index contributed by atoms with van der Waals surface area (Å²) in [6.07, 6.45) is 4.53.